The van der Waals surface area contributed by atoms with Gasteiger partial charge in [-0.3, -0.25) is 4.79 Å². The third-order valence-corrected chi connectivity index (χ3v) is 7.78. The second-order valence-electron chi connectivity index (χ2n) is 10.6. The third kappa shape index (κ3) is 6.65. The Labute approximate surface area is 230 Å². The minimum Gasteiger partial charge on any atom is -0.370 e. The van der Waals surface area contributed by atoms with Crippen LogP contribution in [0.1, 0.15) is 43.1 Å². The predicted octanol–water partition coefficient (Wildman–Crippen LogP) is 6.81. The van der Waals surface area contributed by atoms with Crippen molar-refractivity contribution < 1.29 is 4.79 Å². The lowest BCUT2D eigenvalue weighted by molar-refractivity contribution is 0.102. The number of carbonyl (C=O) groups is 1. The Morgan fingerprint density at radius 2 is 1.68 bits per heavy atom. The number of pyridine rings is 1. The van der Waals surface area contributed by atoms with Gasteiger partial charge in [-0.25, -0.2) is 9.97 Å². The molecule has 0 aliphatic heterocycles. The van der Waals surface area contributed by atoms with E-state index in [-0.39, 0.29) is 11.3 Å². The van der Waals surface area contributed by atoms with Gasteiger partial charge in [0.25, 0.3) is 5.91 Å². The van der Waals surface area contributed by atoms with Crippen LogP contribution in [0.15, 0.2) is 72.9 Å². The molecule has 0 unspecified atom stereocenters. The molecule has 38 heavy (non-hydrogen) atoms. The number of likely N-dealkylation sites (N-methyl/N-ethyl adjacent to an activating group) is 2. The molecule has 2 aromatic carbocycles. The zero-order valence-electron chi connectivity index (χ0n) is 23.2. The van der Waals surface area contributed by atoms with Crippen LogP contribution in [0.2, 0.25) is 0 Å². The van der Waals surface area contributed by atoms with Crippen molar-refractivity contribution in [3.05, 3.63) is 83.5 Å². The van der Waals surface area contributed by atoms with E-state index < -0.39 is 0 Å². The maximum absolute atomic E-state index is 13.7. The number of benzene rings is 2. The topological polar surface area (TPSA) is 61.4 Å². The summed E-state index contributed by atoms with van der Waals surface area (Å²) in [5.41, 5.74) is 4.77. The van der Waals surface area contributed by atoms with Crippen LogP contribution >= 0.6 is 11.3 Å². The molecule has 0 aliphatic rings. The van der Waals surface area contributed by atoms with Gasteiger partial charge in [-0.15, -0.1) is 11.3 Å². The van der Waals surface area contributed by atoms with Crippen molar-refractivity contribution in [1.82, 2.24) is 14.9 Å². The fraction of sp³-hybridized carbons (Fsp3) is 0.323. The van der Waals surface area contributed by atoms with Crippen LogP contribution in [0, 0.1) is 0 Å². The molecule has 6 nitrogen and oxygen atoms in total. The van der Waals surface area contributed by atoms with Gasteiger partial charge < -0.3 is 15.1 Å². The summed E-state index contributed by atoms with van der Waals surface area (Å²) in [5, 5.41) is 4.01. The van der Waals surface area contributed by atoms with Crippen molar-refractivity contribution in [2.24, 2.45) is 0 Å². The van der Waals surface area contributed by atoms with Gasteiger partial charge in [0.15, 0.2) is 0 Å². The average molecular weight is 528 g/mol. The van der Waals surface area contributed by atoms with Crippen LogP contribution < -0.4 is 10.2 Å². The number of carbonyl (C=O) groups excluding carboxylic acids is 1. The lowest BCUT2D eigenvalue weighted by Gasteiger charge is -2.26. The summed E-state index contributed by atoms with van der Waals surface area (Å²) < 4.78 is 0. The van der Waals surface area contributed by atoms with E-state index in [0.29, 0.717) is 5.69 Å². The first-order valence-electron chi connectivity index (χ1n) is 13.0. The summed E-state index contributed by atoms with van der Waals surface area (Å²) >= 11 is 1.66. The highest BCUT2D eigenvalue weighted by atomic mass is 32.1. The van der Waals surface area contributed by atoms with Crippen LogP contribution in [0.3, 0.4) is 0 Å². The van der Waals surface area contributed by atoms with Crippen molar-refractivity contribution >= 4 is 28.6 Å². The Hall–Kier alpha value is -3.55. The largest absolute Gasteiger partial charge is 0.370 e. The summed E-state index contributed by atoms with van der Waals surface area (Å²) in [6, 6.07) is 21.8. The molecule has 0 bridgehead atoms. The molecule has 4 aromatic rings. The van der Waals surface area contributed by atoms with Crippen molar-refractivity contribution in [2.75, 3.05) is 43.9 Å². The molecule has 2 heterocycles. The Morgan fingerprint density at radius 1 is 0.974 bits per heavy atom. The van der Waals surface area contributed by atoms with Crippen LogP contribution in [-0.2, 0) is 5.41 Å². The second-order valence-corrected chi connectivity index (χ2v) is 11.7. The van der Waals surface area contributed by atoms with E-state index in [2.05, 4.69) is 68.0 Å². The van der Waals surface area contributed by atoms with E-state index in [1.165, 1.54) is 4.88 Å². The zero-order chi connectivity index (χ0) is 27.3. The first-order chi connectivity index (χ1) is 18.2. The molecule has 0 spiro atoms. The average Bonchev–Trinajstić information content (AvgIpc) is 3.41. The fourth-order valence-corrected chi connectivity index (χ4v) is 5.09. The number of anilines is 2. The molecule has 0 fully saturated rings. The van der Waals surface area contributed by atoms with Crippen LogP contribution in [0.4, 0.5) is 11.4 Å². The lowest BCUT2D eigenvalue weighted by atomic mass is 9.96. The fourth-order valence-electron chi connectivity index (χ4n) is 4.07. The molecule has 0 saturated heterocycles. The van der Waals surface area contributed by atoms with E-state index in [4.69, 9.17) is 4.98 Å². The number of hydrogen-bond acceptors (Lipinski definition) is 6. The minimum atomic E-state index is -0.243. The smallest absolute Gasteiger partial charge is 0.274 e. The number of rotatable bonds is 9. The van der Waals surface area contributed by atoms with Gasteiger partial charge in [0.2, 0.25) is 0 Å². The summed E-state index contributed by atoms with van der Waals surface area (Å²) in [6.07, 6.45) is 1.93. The number of thiazole rings is 1. The van der Waals surface area contributed by atoms with Gasteiger partial charge in [-0.05, 0) is 50.7 Å². The SMILES string of the molecule is CCN(CCN(C)C)c1cc(C(=O)Nc2ccccc2-c2ncc(C(C)(C)C)s2)nc(-c2ccccc2)c1. The molecule has 1 N–H and O–H groups in total. The first kappa shape index (κ1) is 27.5. The van der Waals surface area contributed by atoms with Crippen molar-refractivity contribution in [3.8, 4) is 21.8 Å². The number of aromatic nitrogens is 2. The third-order valence-electron chi connectivity index (χ3n) is 6.33. The lowest BCUT2D eigenvalue weighted by Crippen LogP contribution is -2.32. The number of hydrogen-bond donors (Lipinski definition) is 1. The monoisotopic (exact) mass is 527 g/mol. The maximum atomic E-state index is 13.7. The highest BCUT2D eigenvalue weighted by Gasteiger charge is 2.20. The summed E-state index contributed by atoms with van der Waals surface area (Å²) in [6.45, 7) is 11.3. The molecule has 7 heteroatoms. The van der Waals surface area contributed by atoms with Crippen LogP contribution in [0.5, 0.6) is 0 Å². The number of amides is 1. The summed E-state index contributed by atoms with van der Waals surface area (Å²) in [7, 11) is 4.14. The molecule has 0 radical (unpaired) electrons. The zero-order valence-corrected chi connectivity index (χ0v) is 24.0. The van der Waals surface area contributed by atoms with Gasteiger partial charge in [0.1, 0.15) is 10.7 Å². The molecule has 0 saturated carbocycles. The predicted molar refractivity (Wildman–Crippen MR) is 160 cm³/mol. The van der Waals surface area contributed by atoms with Crippen LogP contribution in [-0.4, -0.2) is 54.5 Å². The molecule has 2 aromatic heterocycles. The van der Waals surface area contributed by atoms with Crippen molar-refractivity contribution in [2.45, 2.75) is 33.1 Å². The Bertz CT molecular complexity index is 1370. The second kappa shape index (κ2) is 11.9. The normalized spacial score (nSPS) is 11.6. The molecule has 0 aliphatic carbocycles. The first-order valence-corrected chi connectivity index (χ1v) is 13.8. The quantitative estimate of drug-likeness (QED) is 0.259. The van der Waals surface area contributed by atoms with Gasteiger partial charge in [0.05, 0.1) is 11.4 Å². The van der Waals surface area contributed by atoms with E-state index in [1.54, 1.807) is 11.3 Å². The number of nitrogens with one attached hydrogen (secondary N) is 1. The highest BCUT2D eigenvalue weighted by Crippen LogP contribution is 2.36. The summed E-state index contributed by atoms with van der Waals surface area (Å²) in [4.78, 5) is 28.8. The maximum Gasteiger partial charge on any atom is 0.274 e. The highest BCUT2D eigenvalue weighted by molar-refractivity contribution is 7.15. The van der Waals surface area contributed by atoms with E-state index in [0.717, 1.165) is 52.8 Å². The molecule has 4 rings (SSSR count). The van der Waals surface area contributed by atoms with E-state index >= 15 is 0 Å². The van der Waals surface area contributed by atoms with E-state index in [1.807, 2.05) is 66.9 Å². The van der Waals surface area contributed by atoms with Gasteiger partial charge >= 0.3 is 0 Å². The molecule has 0 atom stereocenters. The van der Waals surface area contributed by atoms with Crippen molar-refractivity contribution in [1.29, 1.82) is 0 Å². The summed E-state index contributed by atoms with van der Waals surface area (Å²) in [5.74, 6) is -0.243. The molecule has 1 amide bonds. The van der Waals surface area contributed by atoms with Gasteiger partial charge in [0, 0.05) is 47.5 Å². The number of para-hydroxylation sites is 1. The molecular formula is C31H37N5OS. The Morgan fingerprint density at radius 3 is 2.34 bits per heavy atom. The Kier molecular flexibility index (Phi) is 8.59. The van der Waals surface area contributed by atoms with Gasteiger partial charge in [-0.1, -0.05) is 63.2 Å². The standard InChI is InChI=1S/C31H37N5OS/c1-7-36(18-17-35(5)6)23-19-26(22-13-9-8-10-14-22)33-27(20-23)29(37)34-25-16-12-11-15-24(25)30-32-21-28(38-30)31(2,3)4/h8-16,19-21H,7,17-18H2,1-6H3,(H,34,37). The number of nitrogens with zero attached hydrogens (tertiary/aromatic N) is 4. The minimum absolute atomic E-state index is 0.0179. The molecule has 198 valence electrons. The Balaban J connectivity index is 1.69. The van der Waals surface area contributed by atoms with E-state index in [9.17, 15) is 4.79 Å². The van der Waals surface area contributed by atoms with Crippen LogP contribution in [0.25, 0.3) is 21.8 Å². The van der Waals surface area contributed by atoms with Crippen molar-refractivity contribution in [3.63, 3.8) is 0 Å². The van der Waals surface area contributed by atoms with Gasteiger partial charge in [-0.2, -0.15) is 0 Å². The molecular weight excluding hydrogens is 490 g/mol.